The van der Waals surface area contributed by atoms with Gasteiger partial charge in [0.05, 0.1) is 18.8 Å². The van der Waals surface area contributed by atoms with Gasteiger partial charge in [-0.1, -0.05) is 19.1 Å². The van der Waals surface area contributed by atoms with Crippen molar-refractivity contribution in [2.75, 3.05) is 26.2 Å². The molecule has 1 aliphatic heterocycles. The van der Waals surface area contributed by atoms with Gasteiger partial charge >= 0.3 is 0 Å². The highest BCUT2D eigenvalue weighted by atomic mass is 19.1. The van der Waals surface area contributed by atoms with Crippen LogP contribution < -0.4 is 5.73 Å². The smallest absolute Gasteiger partial charge is 0.123 e. The molecule has 2 unspecified atom stereocenters. The van der Waals surface area contributed by atoms with E-state index in [4.69, 9.17) is 10.5 Å². The minimum absolute atomic E-state index is 0.00541. The Hall–Kier alpha value is -0.970. The van der Waals surface area contributed by atoms with E-state index in [1.54, 1.807) is 12.1 Å². The van der Waals surface area contributed by atoms with Crippen LogP contribution in [-0.2, 0) is 4.74 Å². The highest BCUT2D eigenvalue weighted by Gasteiger charge is 2.25. The third-order valence-corrected chi connectivity index (χ3v) is 3.28. The second kappa shape index (κ2) is 5.58. The third kappa shape index (κ3) is 3.03. The summed E-state index contributed by atoms with van der Waals surface area (Å²) >= 11 is 0. The lowest BCUT2D eigenvalue weighted by Gasteiger charge is -2.35. The average Bonchev–Trinajstić information content (AvgIpc) is 2.39. The molecule has 94 valence electrons. The Morgan fingerprint density at radius 1 is 1.47 bits per heavy atom. The summed E-state index contributed by atoms with van der Waals surface area (Å²) in [6, 6.07) is 6.15. The molecule has 2 rings (SSSR count). The Morgan fingerprint density at radius 2 is 2.18 bits per heavy atom. The van der Waals surface area contributed by atoms with Gasteiger partial charge in [-0.05, 0) is 24.2 Å². The molecular formula is C13H19FN2O. The van der Waals surface area contributed by atoms with Crippen molar-refractivity contribution in [1.29, 1.82) is 0 Å². The lowest BCUT2D eigenvalue weighted by atomic mass is 10.0. The van der Waals surface area contributed by atoms with E-state index in [1.165, 1.54) is 12.1 Å². The van der Waals surface area contributed by atoms with Gasteiger partial charge in [0.1, 0.15) is 5.82 Å². The number of halogens is 1. The minimum atomic E-state index is -0.235. The molecule has 3 nitrogen and oxygen atoms in total. The molecule has 0 radical (unpaired) electrons. The summed E-state index contributed by atoms with van der Waals surface area (Å²) in [6.07, 6.45) is -0.00541. The topological polar surface area (TPSA) is 38.5 Å². The quantitative estimate of drug-likeness (QED) is 0.868. The number of ether oxygens (including phenoxy) is 1. The van der Waals surface area contributed by atoms with Gasteiger partial charge in [0.25, 0.3) is 0 Å². The second-order valence-electron chi connectivity index (χ2n) is 4.38. The molecule has 4 heteroatoms. The number of hydrogen-bond donors (Lipinski definition) is 1. The van der Waals surface area contributed by atoms with E-state index < -0.39 is 0 Å². The van der Waals surface area contributed by atoms with Crippen molar-refractivity contribution in [3.63, 3.8) is 0 Å². The highest BCUT2D eigenvalue weighted by Crippen LogP contribution is 2.20. The molecule has 0 aromatic heterocycles. The predicted molar refractivity (Wildman–Crippen MR) is 65.2 cm³/mol. The molecule has 2 N–H and O–H groups in total. The lowest BCUT2D eigenvalue weighted by Crippen LogP contribution is -2.46. The summed E-state index contributed by atoms with van der Waals surface area (Å²) in [5.41, 5.74) is 7.09. The zero-order chi connectivity index (χ0) is 12.3. The minimum Gasteiger partial charge on any atom is -0.374 e. The monoisotopic (exact) mass is 238 g/mol. The molecule has 0 bridgehead atoms. The number of morpholine rings is 1. The van der Waals surface area contributed by atoms with Crippen molar-refractivity contribution in [3.05, 3.63) is 35.6 Å². The Morgan fingerprint density at radius 3 is 2.82 bits per heavy atom. The average molecular weight is 238 g/mol. The molecule has 1 aromatic rings. The molecule has 1 aromatic carbocycles. The molecule has 1 heterocycles. The van der Waals surface area contributed by atoms with Crippen molar-refractivity contribution in [1.82, 2.24) is 4.90 Å². The van der Waals surface area contributed by atoms with Crippen LogP contribution in [0.3, 0.4) is 0 Å². The second-order valence-corrected chi connectivity index (χ2v) is 4.38. The number of nitrogens with zero attached hydrogens (tertiary/aromatic N) is 1. The van der Waals surface area contributed by atoms with Gasteiger partial charge in [-0.25, -0.2) is 4.39 Å². The van der Waals surface area contributed by atoms with E-state index in [-0.39, 0.29) is 18.0 Å². The first-order valence-electron chi connectivity index (χ1n) is 6.05. The van der Waals surface area contributed by atoms with E-state index >= 15 is 0 Å². The van der Waals surface area contributed by atoms with E-state index in [0.29, 0.717) is 6.61 Å². The van der Waals surface area contributed by atoms with Crippen LogP contribution in [0.5, 0.6) is 0 Å². The summed E-state index contributed by atoms with van der Waals surface area (Å²) in [5, 5.41) is 0. The fraction of sp³-hybridized carbons (Fsp3) is 0.538. The maximum atomic E-state index is 12.8. The number of likely N-dealkylation sites (N-methyl/N-ethyl adjacent to an activating group) is 1. The molecule has 0 saturated carbocycles. The Balaban J connectivity index is 2.03. The van der Waals surface area contributed by atoms with Gasteiger partial charge in [-0.2, -0.15) is 0 Å². The molecule has 17 heavy (non-hydrogen) atoms. The predicted octanol–water partition coefficient (Wildman–Crippen LogP) is 1.55. The van der Waals surface area contributed by atoms with Gasteiger partial charge in [0, 0.05) is 13.1 Å². The van der Waals surface area contributed by atoms with Crippen LogP contribution in [0.2, 0.25) is 0 Å². The van der Waals surface area contributed by atoms with Crippen molar-refractivity contribution in [2.45, 2.75) is 19.1 Å². The normalized spacial score (nSPS) is 23.6. The number of nitrogens with two attached hydrogens (primary N) is 1. The van der Waals surface area contributed by atoms with Crippen molar-refractivity contribution < 1.29 is 9.13 Å². The van der Waals surface area contributed by atoms with Crippen molar-refractivity contribution in [3.8, 4) is 0 Å². The first-order chi connectivity index (χ1) is 8.20. The Labute approximate surface area is 101 Å². The van der Waals surface area contributed by atoms with E-state index in [1.807, 2.05) is 0 Å². The van der Waals surface area contributed by atoms with Crippen LogP contribution in [-0.4, -0.2) is 37.2 Å². The van der Waals surface area contributed by atoms with Gasteiger partial charge in [0.15, 0.2) is 0 Å². The number of benzene rings is 1. The summed E-state index contributed by atoms with van der Waals surface area (Å²) in [5.74, 6) is -0.235. The Kier molecular flexibility index (Phi) is 4.10. The molecule has 0 spiro atoms. The van der Waals surface area contributed by atoms with Gasteiger partial charge in [-0.3, -0.25) is 4.90 Å². The molecule has 2 atom stereocenters. The molecule has 1 fully saturated rings. The van der Waals surface area contributed by atoms with Crippen molar-refractivity contribution in [2.24, 2.45) is 5.73 Å². The zero-order valence-electron chi connectivity index (χ0n) is 10.1. The van der Waals surface area contributed by atoms with Gasteiger partial charge in [0.2, 0.25) is 0 Å². The van der Waals surface area contributed by atoms with E-state index in [9.17, 15) is 4.39 Å². The number of rotatable bonds is 3. The molecule has 0 amide bonds. The Bertz CT molecular complexity index is 355. The van der Waals surface area contributed by atoms with Crippen LogP contribution in [0.15, 0.2) is 24.3 Å². The molecule has 0 aliphatic carbocycles. The summed E-state index contributed by atoms with van der Waals surface area (Å²) in [4.78, 5) is 2.32. The summed E-state index contributed by atoms with van der Waals surface area (Å²) in [7, 11) is 0. The zero-order valence-corrected chi connectivity index (χ0v) is 10.1. The van der Waals surface area contributed by atoms with Crippen LogP contribution >= 0.6 is 0 Å². The van der Waals surface area contributed by atoms with E-state index in [2.05, 4.69) is 11.8 Å². The van der Waals surface area contributed by atoms with Crippen LogP contribution in [0, 0.1) is 5.82 Å². The maximum absolute atomic E-state index is 12.8. The largest absolute Gasteiger partial charge is 0.374 e. The summed E-state index contributed by atoms with van der Waals surface area (Å²) < 4.78 is 18.5. The highest BCUT2D eigenvalue weighted by molar-refractivity contribution is 5.20. The van der Waals surface area contributed by atoms with E-state index in [0.717, 1.165) is 25.2 Å². The van der Waals surface area contributed by atoms with Crippen LogP contribution in [0.25, 0.3) is 0 Å². The summed E-state index contributed by atoms with van der Waals surface area (Å²) in [6.45, 7) is 5.66. The van der Waals surface area contributed by atoms with Crippen molar-refractivity contribution >= 4 is 0 Å². The van der Waals surface area contributed by atoms with Gasteiger partial charge in [-0.15, -0.1) is 0 Å². The fourth-order valence-electron chi connectivity index (χ4n) is 2.14. The molecular weight excluding hydrogens is 219 g/mol. The third-order valence-electron chi connectivity index (χ3n) is 3.28. The molecule has 1 aliphatic rings. The van der Waals surface area contributed by atoms with Crippen LogP contribution in [0.4, 0.5) is 4.39 Å². The first kappa shape index (κ1) is 12.5. The standard InChI is InChI=1S/C13H19FN2O/c1-2-16-7-8-17-12(9-16)13(15)10-3-5-11(14)6-4-10/h3-6,12-13H,2,7-9,15H2,1H3. The van der Waals surface area contributed by atoms with Crippen LogP contribution in [0.1, 0.15) is 18.5 Å². The lowest BCUT2D eigenvalue weighted by molar-refractivity contribution is -0.0392. The van der Waals surface area contributed by atoms with Gasteiger partial charge < -0.3 is 10.5 Å². The SMILES string of the molecule is CCN1CCOC(C(N)c2ccc(F)cc2)C1. The first-order valence-corrected chi connectivity index (χ1v) is 6.05. The number of hydrogen-bond acceptors (Lipinski definition) is 3. The maximum Gasteiger partial charge on any atom is 0.123 e. The fourth-order valence-corrected chi connectivity index (χ4v) is 2.14. The molecule has 1 saturated heterocycles.